The van der Waals surface area contributed by atoms with Gasteiger partial charge in [0.1, 0.15) is 0 Å². The lowest BCUT2D eigenvalue weighted by Crippen LogP contribution is -2.50. The summed E-state index contributed by atoms with van der Waals surface area (Å²) in [4.78, 5) is 18.8. The second-order valence-corrected chi connectivity index (χ2v) is 7.14. The predicted molar refractivity (Wildman–Crippen MR) is 89.6 cm³/mol. The fourth-order valence-corrected chi connectivity index (χ4v) is 3.95. The standard InChI is InChI=1S/C17H27N5O/c23-17-5-4-8-21(17)15-11-18-22(14-15)16-12-20(13-16)10-9-19-6-2-1-3-7-19/h11,14,16H,1-10,12-13H2. The fraction of sp³-hybridized carbons (Fsp3) is 0.765. The normalized spacial score (nSPS) is 24.3. The Hall–Kier alpha value is -1.40. The Bertz CT molecular complexity index is 545. The minimum atomic E-state index is 0.237. The van der Waals surface area contributed by atoms with Crippen molar-refractivity contribution in [3.63, 3.8) is 0 Å². The van der Waals surface area contributed by atoms with E-state index in [9.17, 15) is 4.79 Å². The van der Waals surface area contributed by atoms with Crippen molar-refractivity contribution >= 4 is 11.6 Å². The van der Waals surface area contributed by atoms with E-state index in [0.717, 1.165) is 31.7 Å². The lowest BCUT2D eigenvalue weighted by molar-refractivity contribution is -0.117. The highest BCUT2D eigenvalue weighted by molar-refractivity contribution is 5.95. The third-order valence-corrected chi connectivity index (χ3v) is 5.47. The average Bonchev–Trinajstić information content (AvgIpc) is 3.15. The lowest BCUT2D eigenvalue weighted by atomic mass is 10.1. The molecule has 3 fully saturated rings. The van der Waals surface area contributed by atoms with Crippen molar-refractivity contribution in [3.8, 4) is 0 Å². The van der Waals surface area contributed by atoms with Gasteiger partial charge in [-0.1, -0.05) is 6.42 Å². The number of piperidine rings is 1. The van der Waals surface area contributed by atoms with Crippen molar-refractivity contribution in [1.29, 1.82) is 0 Å². The number of rotatable bonds is 5. The van der Waals surface area contributed by atoms with Crippen molar-refractivity contribution < 1.29 is 4.79 Å². The van der Waals surface area contributed by atoms with E-state index in [0.29, 0.717) is 12.5 Å². The van der Waals surface area contributed by atoms with Gasteiger partial charge in [-0.15, -0.1) is 0 Å². The number of carbonyl (C=O) groups excluding carboxylic acids is 1. The van der Waals surface area contributed by atoms with E-state index in [-0.39, 0.29) is 5.91 Å². The Morgan fingerprint density at radius 1 is 1.00 bits per heavy atom. The van der Waals surface area contributed by atoms with Crippen molar-refractivity contribution in [2.45, 2.75) is 38.1 Å². The van der Waals surface area contributed by atoms with E-state index in [1.807, 2.05) is 11.1 Å². The molecule has 0 N–H and O–H groups in total. The molecule has 4 rings (SSSR count). The molecule has 0 atom stereocenters. The Balaban J connectivity index is 1.24. The third-order valence-electron chi connectivity index (χ3n) is 5.47. The maximum atomic E-state index is 11.8. The van der Waals surface area contributed by atoms with Crippen LogP contribution in [0.1, 0.15) is 38.1 Å². The van der Waals surface area contributed by atoms with Gasteiger partial charge in [-0.3, -0.25) is 14.4 Å². The second-order valence-electron chi connectivity index (χ2n) is 7.14. The summed E-state index contributed by atoms with van der Waals surface area (Å²) < 4.78 is 2.05. The molecule has 3 aliphatic rings. The molecule has 0 saturated carbocycles. The highest BCUT2D eigenvalue weighted by Gasteiger charge is 2.30. The molecule has 1 aromatic heterocycles. The Morgan fingerprint density at radius 3 is 2.52 bits per heavy atom. The largest absolute Gasteiger partial charge is 0.309 e. The maximum Gasteiger partial charge on any atom is 0.227 e. The summed E-state index contributed by atoms with van der Waals surface area (Å²) in [5.74, 6) is 0.237. The average molecular weight is 317 g/mol. The van der Waals surface area contributed by atoms with E-state index in [2.05, 4.69) is 25.8 Å². The molecule has 6 heteroatoms. The summed E-state index contributed by atoms with van der Waals surface area (Å²) in [5.41, 5.74) is 0.972. The lowest BCUT2D eigenvalue weighted by Gasteiger charge is -2.40. The number of hydrogen-bond donors (Lipinski definition) is 0. The highest BCUT2D eigenvalue weighted by Crippen LogP contribution is 2.25. The first kappa shape index (κ1) is 15.1. The molecular formula is C17H27N5O. The topological polar surface area (TPSA) is 44.6 Å². The first-order valence-electron chi connectivity index (χ1n) is 9.09. The van der Waals surface area contributed by atoms with E-state index in [1.54, 1.807) is 0 Å². The number of anilines is 1. The van der Waals surface area contributed by atoms with E-state index in [1.165, 1.54) is 45.4 Å². The molecule has 4 heterocycles. The van der Waals surface area contributed by atoms with Crippen LogP contribution >= 0.6 is 0 Å². The van der Waals surface area contributed by atoms with Gasteiger partial charge in [0.05, 0.1) is 17.9 Å². The van der Waals surface area contributed by atoms with Gasteiger partial charge in [0.25, 0.3) is 0 Å². The molecule has 0 spiro atoms. The number of nitrogens with zero attached hydrogens (tertiary/aromatic N) is 5. The van der Waals surface area contributed by atoms with E-state index in [4.69, 9.17) is 0 Å². The van der Waals surface area contributed by atoms with Crippen molar-refractivity contribution in [3.05, 3.63) is 12.4 Å². The first-order chi connectivity index (χ1) is 11.3. The monoisotopic (exact) mass is 317 g/mol. The zero-order chi connectivity index (χ0) is 15.6. The van der Waals surface area contributed by atoms with Crippen LogP contribution in [0, 0.1) is 0 Å². The van der Waals surface area contributed by atoms with Gasteiger partial charge < -0.3 is 9.80 Å². The molecular weight excluding hydrogens is 290 g/mol. The molecule has 0 radical (unpaired) electrons. The molecule has 1 amide bonds. The van der Waals surface area contributed by atoms with Gasteiger partial charge in [0, 0.05) is 45.3 Å². The Labute approximate surface area is 138 Å². The molecule has 6 nitrogen and oxygen atoms in total. The molecule has 0 bridgehead atoms. The predicted octanol–water partition coefficient (Wildman–Crippen LogP) is 1.35. The summed E-state index contributed by atoms with van der Waals surface area (Å²) >= 11 is 0. The van der Waals surface area contributed by atoms with Crippen molar-refractivity contribution in [2.24, 2.45) is 0 Å². The quantitative estimate of drug-likeness (QED) is 0.822. The van der Waals surface area contributed by atoms with Gasteiger partial charge in [-0.25, -0.2) is 0 Å². The molecule has 23 heavy (non-hydrogen) atoms. The second kappa shape index (κ2) is 6.61. The molecule has 0 unspecified atom stereocenters. The zero-order valence-electron chi connectivity index (χ0n) is 13.9. The van der Waals surface area contributed by atoms with Gasteiger partial charge in [0.15, 0.2) is 0 Å². The molecule has 0 aromatic carbocycles. The summed E-state index contributed by atoms with van der Waals surface area (Å²) in [7, 11) is 0. The van der Waals surface area contributed by atoms with Crippen molar-refractivity contribution in [2.75, 3.05) is 50.7 Å². The third kappa shape index (κ3) is 3.28. The van der Waals surface area contributed by atoms with Crippen molar-refractivity contribution in [1.82, 2.24) is 19.6 Å². The summed E-state index contributed by atoms with van der Waals surface area (Å²) in [5, 5.41) is 4.49. The fourth-order valence-electron chi connectivity index (χ4n) is 3.95. The molecule has 3 aliphatic heterocycles. The van der Waals surface area contributed by atoms with Crippen LogP contribution in [-0.4, -0.2) is 71.3 Å². The van der Waals surface area contributed by atoms with Gasteiger partial charge >= 0.3 is 0 Å². The summed E-state index contributed by atoms with van der Waals surface area (Å²) in [6, 6.07) is 0.475. The maximum absolute atomic E-state index is 11.8. The molecule has 3 saturated heterocycles. The van der Waals surface area contributed by atoms with Gasteiger partial charge in [0.2, 0.25) is 5.91 Å². The van der Waals surface area contributed by atoms with Crippen LogP contribution in [0.15, 0.2) is 12.4 Å². The number of likely N-dealkylation sites (tertiary alicyclic amines) is 2. The Kier molecular flexibility index (Phi) is 4.35. The smallest absolute Gasteiger partial charge is 0.227 e. The minimum Gasteiger partial charge on any atom is -0.309 e. The van der Waals surface area contributed by atoms with Crippen LogP contribution in [0.4, 0.5) is 5.69 Å². The number of amides is 1. The SMILES string of the molecule is O=C1CCCN1c1cnn(C2CN(CCN3CCCCC3)C2)c1. The molecule has 126 valence electrons. The van der Waals surface area contributed by atoms with Crippen LogP contribution in [0.2, 0.25) is 0 Å². The summed E-state index contributed by atoms with van der Waals surface area (Å²) in [6.07, 6.45) is 9.69. The zero-order valence-corrected chi connectivity index (χ0v) is 13.9. The van der Waals surface area contributed by atoms with Crippen LogP contribution in [0.25, 0.3) is 0 Å². The highest BCUT2D eigenvalue weighted by atomic mass is 16.2. The minimum absolute atomic E-state index is 0.237. The molecule has 0 aliphatic carbocycles. The van der Waals surface area contributed by atoms with Gasteiger partial charge in [-0.05, 0) is 32.4 Å². The number of hydrogen-bond acceptors (Lipinski definition) is 4. The van der Waals surface area contributed by atoms with Gasteiger partial charge in [-0.2, -0.15) is 5.10 Å². The van der Waals surface area contributed by atoms with E-state index >= 15 is 0 Å². The van der Waals surface area contributed by atoms with Crippen LogP contribution < -0.4 is 4.90 Å². The van der Waals surface area contributed by atoms with Crippen LogP contribution in [0.5, 0.6) is 0 Å². The number of carbonyl (C=O) groups is 1. The summed E-state index contributed by atoms with van der Waals surface area (Å²) in [6.45, 7) is 7.96. The van der Waals surface area contributed by atoms with Crippen LogP contribution in [-0.2, 0) is 4.79 Å². The number of aromatic nitrogens is 2. The molecule has 1 aromatic rings. The Morgan fingerprint density at radius 2 is 1.78 bits per heavy atom. The van der Waals surface area contributed by atoms with Crippen LogP contribution in [0.3, 0.4) is 0 Å². The first-order valence-corrected chi connectivity index (χ1v) is 9.09. The van der Waals surface area contributed by atoms with E-state index < -0.39 is 0 Å².